The Kier molecular flexibility index (Phi) is 5.21. The van der Waals surface area contributed by atoms with Crippen LogP contribution < -0.4 is 5.32 Å². The minimum absolute atomic E-state index is 0.467. The van der Waals surface area contributed by atoms with Crippen molar-refractivity contribution in [2.24, 2.45) is 0 Å². The second-order valence-electron chi connectivity index (χ2n) is 5.24. The molecular weight excluding hydrogens is 329 g/mol. The lowest BCUT2D eigenvalue weighted by Gasteiger charge is -2.14. The van der Waals surface area contributed by atoms with Gasteiger partial charge in [0, 0.05) is 11.3 Å². The maximum atomic E-state index is 13.6. The van der Waals surface area contributed by atoms with E-state index in [1.807, 2.05) is 6.92 Å². The highest BCUT2D eigenvalue weighted by molar-refractivity contribution is 5.93. The molecule has 2 rings (SSSR count). The van der Waals surface area contributed by atoms with Crippen LogP contribution in [0.5, 0.6) is 0 Å². The Morgan fingerprint density at radius 2 is 1.50 bits per heavy atom. The predicted molar refractivity (Wildman–Crippen MR) is 79.1 cm³/mol. The van der Waals surface area contributed by atoms with Crippen LogP contribution in [0.3, 0.4) is 0 Å². The number of nitrogens with one attached hydrogen (secondary N) is 1. The number of amides is 1. The quantitative estimate of drug-likeness (QED) is 0.497. The first kappa shape index (κ1) is 17.9. The van der Waals surface area contributed by atoms with Gasteiger partial charge in [-0.15, -0.1) is 0 Å². The number of carbonyl (C=O) groups excluding carboxylic acids is 1. The fourth-order valence-corrected chi connectivity index (χ4v) is 2.35. The van der Waals surface area contributed by atoms with Crippen LogP contribution >= 0.6 is 0 Å². The first-order valence-corrected chi connectivity index (χ1v) is 7.16. The van der Waals surface area contributed by atoms with Gasteiger partial charge >= 0.3 is 0 Å². The fourth-order valence-electron chi connectivity index (χ4n) is 2.35. The van der Waals surface area contributed by atoms with Crippen LogP contribution in [-0.4, -0.2) is 5.91 Å². The van der Waals surface area contributed by atoms with Crippen LogP contribution in [0.2, 0.25) is 0 Å². The van der Waals surface area contributed by atoms with E-state index in [1.54, 1.807) is 25.1 Å². The van der Waals surface area contributed by atoms with Gasteiger partial charge in [-0.3, -0.25) is 4.79 Å². The number of benzene rings is 2. The molecule has 0 fully saturated rings. The van der Waals surface area contributed by atoms with Gasteiger partial charge in [0.05, 0.1) is 6.42 Å². The topological polar surface area (TPSA) is 29.1 Å². The van der Waals surface area contributed by atoms with Gasteiger partial charge < -0.3 is 5.32 Å². The lowest BCUT2D eigenvalue weighted by Crippen LogP contribution is -2.19. The van der Waals surface area contributed by atoms with Crippen LogP contribution in [-0.2, 0) is 17.6 Å². The number of para-hydroxylation sites is 1. The summed E-state index contributed by atoms with van der Waals surface area (Å²) in [6, 6.07) is 5.28. The van der Waals surface area contributed by atoms with Crippen LogP contribution in [0, 0.1) is 36.0 Å². The Hall–Kier alpha value is -2.44. The molecule has 7 heteroatoms. The van der Waals surface area contributed by atoms with Crippen LogP contribution in [0.1, 0.15) is 23.6 Å². The summed E-state index contributed by atoms with van der Waals surface area (Å²) in [6.07, 6.45) is -0.372. The molecule has 0 spiro atoms. The highest BCUT2D eigenvalue weighted by atomic mass is 19.2. The lowest BCUT2D eigenvalue weighted by molar-refractivity contribution is -0.115. The second-order valence-corrected chi connectivity index (χ2v) is 5.24. The molecule has 0 aliphatic rings. The summed E-state index contributed by atoms with van der Waals surface area (Å²) in [5.41, 5.74) is 0.824. The number of halogens is 5. The monoisotopic (exact) mass is 343 g/mol. The molecule has 0 unspecified atom stereocenters. The molecule has 0 aromatic heterocycles. The SMILES string of the molecule is CCc1cccc(C)c1NC(=O)Cc1c(F)c(F)c(F)c(F)c1F. The van der Waals surface area contributed by atoms with Gasteiger partial charge in [0.25, 0.3) is 0 Å². The smallest absolute Gasteiger partial charge is 0.229 e. The largest absolute Gasteiger partial charge is 0.325 e. The van der Waals surface area contributed by atoms with Crippen LogP contribution in [0.4, 0.5) is 27.6 Å². The van der Waals surface area contributed by atoms with E-state index in [0.29, 0.717) is 12.1 Å². The number of hydrogen-bond acceptors (Lipinski definition) is 1. The van der Waals surface area contributed by atoms with Crippen molar-refractivity contribution in [2.45, 2.75) is 26.7 Å². The molecule has 2 aromatic carbocycles. The third-order valence-corrected chi connectivity index (χ3v) is 3.64. The summed E-state index contributed by atoms with van der Waals surface area (Å²) in [5.74, 6) is -11.3. The van der Waals surface area contributed by atoms with Crippen molar-refractivity contribution in [3.05, 3.63) is 64.0 Å². The summed E-state index contributed by atoms with van der Waals surface area (Å²) in [5, 5.41) is 2.48. The lowest BCUT2D eigenvalue weighted by atomic mass is 10.0. The molecule has 24 heavy (non-hydrogen) atoms. The van der Waals surface area contributed by atoms with Crippen molar-refractivity contribution in [1.82, 2.24) is 0 Å². The van der Waals surface area contributed by atoms with Gasteiger partial charge in [-0.05, 0) is 24.5 Å². The standard InChI is InChI=1S/C17H14F5NO/c1-3-9-6-4-5-8(2)17(9)23-11(24)7-10-12(18)14(20)16(22)15(21)13(10)19/h4-6H,3,7H2,1-2H3,(H,23,24). The second kappa shape index (κ2) is 6.98. The van der Waals surface area contributed by atoms with Crippen molar-refractivity contribution < 1.29 is 26.7 Å². The van der Waals surface area contributed by atoms with E-state index in [2.05, 4.69) is 5.32 Å². The zero-order valence-electron chi connectivity index (χ0n) is 12.9. The Morgan fingerprint density at radius 3 is 2.04 bits per heavy atom. The molecule has 0 saturated carbocycles. The summed E-state index contributed by atoms with van der Waals surface area (Å²) < 4.78 is 66.6. The minimum atomic E-state index is -2.25. The average Bonchev–Trinajstić information content (AvgIpc) is 2.57. The van der Waals surface area contributed by atoms with Crippen molar-refractivity contribution in [3.63, 3.8) is 0 Å². The third kappa shape index (κ3) is 3.25. The molecule has 128 valence electrons. The van der Waals surface area contributed by atoms with Crippen molar-refractivity contribution in [2.75, 3.05) is 5.32 Å². The van der Waals surface area contributed by atoms with E-state index in [1.165, 1.54) is 0 Å². The van der Waals surface area contributed by atoms with E-state index in [-0.39, 0.29) is 0 Å². The molecule has 1 N–H and O–H groups in total. The summed E-state index contributed by atoms with van der Waals surface area (Å²) >= 11 is 0. The molecule has 1 amide bonds. The summed E-state index contributed by atoms with van der Waals surface area (Å²) in [7, 11) is 0. The van der Waals surface area contributed by atoms with Crippen molar-refractivity contribution >= 4 is 11.6 Å². The number of aryl methyl sites for hydroxylation is 2. The van der Waals surface area contributed by atoms with Gasteiger partial charge in [-0.2, -0.15) is 0 Å². The Balaban J connectivity index is 2.33. The molecular formula is C17H14F5NO. The van der Waals surface area contributed by atoms with Gasteiger partial charge in [0.1, 0.15) is 0 Å². The van der Waals surface area contributed by atoms with Gasteiger partial charge in [-0.25, -0.2) is 22.0 Å². The zero-order valence-corrected chi connectivity index (χ0v) is 12.9. The Bertz CT molecular complexity index is 775. The molecule has 0 bridgehead atoms. The molecule has 0 saturated heterocycles. The van der Waals surface area contributed by atoms with Crippen molar-refractivity contribution in [3.8, 4) is 0 Å². The minimum Gasteiger partial charge on any atom is -0.325 e. The first-order valence-electron chi connectivity index (χ1n) is 7.16. The van der Waals surface area contributed by atoms with Crippen LogP contribution in [0.25, 0.3) is 0 Å². The number of rotatable bonds is 4. The molecule has 0 heterocycles. The van der Waals surface area contributed by atoms with E-state index >= 15 is 0 Å². The zero-order chi connectivity index (χ0) is 18.0. The summed E-state index contributed by atoms with van der Waals surface area (Å²) in [6.45, 7) is 3.58. The maximum Gasteiger partial charge on any atom is 0.229 e. The molecule has 0 aliphatic heterocycles. The summed E-state index contributed by atoms with van der Waals surface area (Å²) in [4.78, 5) is 12.0. The first-order chi connectivity index (χ1) is 11.3. The number of hydrogen-bond donors (Lipinski definition) is 1. The molecule has 2 aromatic rings. The van der Waals surface area contributed by atoms with E-state index in [9.17, 15) is 26.7 Å². The highest BCUT2D eigenvalue weighted by Gasteiger charge is 2.27. The fraction of sp³-hybridized carbons (Fsp3) is 0.235. The number of carbonyl (C=O) groups is 1. The van der Waals surface area contributed by atoms with E-state index in [4.69, 9.17) is 0 Å². The van der Waals surface area contributed by atoms with Crippen LogP contribution in [0.15, 0.2) is 18.2 Å². The third-order valence-electron chi connectivity index (χ3n) is 3.64. The predicted octanol–water partition coefficient (Wildman–Crippen LogP) is 4.43. The molecule has 0 radical (unpaired) electrons. The highest BCUT2D eigenvalue weighted by Crippen LogP contribution is 2.25. The van der Waals surface area contributed by atoms with E-state index in [0.717, 1.165) is 11.1 Å². The van der Waals surface area contributed by atoms with Gasteiger partial charge in [0.15, 0.2) is 23.3 Å². The van der Waals surface area contributed by atoms with E-state index < -0.39 is 47.0 Å². The molecule has 2 nitrogen and oxygen atoms in total. The molecule has 0 aliphatic carbocycles. The average molecular weight is 343 g/mol. The number of anilines is 1. The van der Waals surface area contributed by atoms with Crippen molar-refractivity contribution in [1.29, 1.82) is 0 Å². The molecule has 0 atom stereocenters. The Labute approximate surface area is 135 Å². The Morgan fingerprint density at radius 1 is 0.958 bits per heavy atom. The van der Waals surface area contributed by atoms with Gasteiger partial charge in [-0.1, -0.05) is 25.1 Å². The maximum absolute atomic E-state index is 13.6. The normalized spacial score (nSPS) is 10.8. The van der Waals surface area contributed by atoms with Gasteiger partial charge in [0.2, 0.25) is 11.7 Å².